The highest BCUT2D eigenvalue weighted by atomic mass is 79.9. The molecular formula is C12H17BrN2O3. The molecule has 0 fully saturated rings. The van der Waals surface area contributed by atoms with Crippen molar-refractivity contribution in [3.8, 4) is 0 Å². The number of halogens is 1. The van der Waals surface area contributed by atoms with Crippen molar-refractivity contribution in [3.63, 3.8) is 0 Å². The van der Waals surface area contributed by atoms with Crippen LogP contribution < -0.4 is 0 Å². The van der Waals surface area contributed by atoms with E-state index in [4.69, 9.17) is 4.74 Å². The zero-order valence-corrected chi connectivity index (χ0v) is 12.1. The first kappa shape index (κ1) is 15.1. The Morgan fingerprint density at radius 3 is 2.83 bits per heavy atom. The van der Waals surface area contributed by atoms with Gasteiger partial charge in [-0.05, 0) is 35.5 Å². The second-order valence-corrected chi connectivity index (χ2v) is 4.74. The number of nitrogens with zero attached hydrogens (tertiary/aromatic N) is 2. The minimum Gasteiger partial charge on any atom is -0.380 e. The first-order chi connectivity index (χ1) is 8.56. The van der Waals surface area contributed by atoms with Gasteiger partial charge in [0.2, 0.25) is 0 Å². The normalized spacial score (nSPS) is 10.9. The van der Waals surface area contributed by atoms with Crippen molar-refractivity contribution >= 4 is 21.6 Å². The molecule has 0 aliphatic carbocycles. The fraction of sp³-hybridized carbons (Fsp3) is 0.500. The zero-order chi connectivity index (χ0) is 13.5. The molecule has 0 aliphatic rings. The molecule has 6 heteroatoms. The molecule has 0 radical (unpaired) electrons. The summed E-state index contributed by atoms with van der Waals surface area (Å²) in [4.78, 5) is 12.5. The predicted molar refractivity (Wildman–Crippen MR) is 73.6 cm³/mol. The van der Waals surface area contributed by atoms with Crippen LogP contribution in [0.4, 0.5) is 5.69 Å². The molecule has 18 heavy (non-hydrogen) atoms. The van der Waals surface area contributed by atoms with E-state index in [1.807, 2.05) is 20.0 Å². The molecule has 5 nitrogen and oxygen atoms in total. The summed E-state index contributed by atoms with van der Waals surface area (Å²) < 4.78 is 5.83. The molecule has 1 aromatic carbocycles. The lowest BCUT2D eigenvalue weighted by Gasteiger charge is -2.17. The third-order valence-corrected chi connectivity index (χ3v) is 3.43. The topological polar surface area (TPSA) is 55.6 Å². The highest BCUT2D eigenvalue weighted by Crippen LogP contribution is 2.28. The summed E-state index contributed by atoms with van der Waals surface area (Å²) in [6, 6.07) is 5.08. The van der Waals surface area contributed by atoms with Crippen LogP contribution in [0.5, 0.6) is 0 Å². The number of rotatable bonds is 7. The average Bonchev–Trinajstić information content (AvgIpc) is 2.32. The van der Waals surface area contributed by atoms with E-state index in [9.17, 15) is 10.1 Å². The third-order valence-electron chi connectivity index (χ3n) is 2.52. The Balaban J connectivity index is 2.67. The molecule has 0 amide bonds. The molecule has 0 spiro atoms. The van der Waals surface area contributed by atoms with Crippen molar-refractivity contribution in [2.75, 3.05) is 26.8 Å². The molecular weight excluding hydrogens is 300 g/mol. The van der Waals surface area contributed by atoms with Crippen LogP contribution in [0.25, 0.3) is 0 Å². The number of benzene rings is 1. The molecule has 100 valence electrons. The van der Waals surface area contributed by atoms with Crippen LogP contribution in [-0.2, 0) is 11.3 Å². The summed E-state index contributed by atoms with van der Waals surface area (Å²) >= 11 is 3.29. The monoisotopic (exact) mass is 316 g/mol. The van der Waals surface area contributed by atoms with Crippen molar-refractivity contribution in [3.05, 3.63) is 38.3 Å². The van der Waals surface area contributed by atoms with Crippen LogP contribution in [-0.4, -0.2) is 36.6 Å². The Kier molecular flexibility index (Phi) is 6.24. The van der Waals surface area contributed by atoms with Crippen LogP contribution in [0, 0.1) is 10.1 Å². The first-order valence-corrected chi connectivity index (χ1v) is 6.53. The molecule has 0 bridgehead atoms. The van der Waals surface area contributed by atoms with Gasteiger partial charge >= 0.3 is 0 Å². The Labute approximate surface area is 115 Å². The Bertz CT molecular complexity index is 412. The van der Waals surface area contributed by atoms with Crippen molar-refractivity contribution in [2.24, 2.45) is 0 Å². The van der Waals surface area contributed by atoms with Gasteiger partial charge in [0.05, 0.1) is 16.0 Å². The summed E-state index contributed by atoms with van der Waals surface area (Å²) in [5.74, 6) is 0. The smallest absolute Gasteiger partial charge is 0.283 e. The van der Waals surface area contributed by atoms with Gasteiger partial charge in [0, 0.05) is 25.8 Å². The molecule has 0 N–H and O–H groups in total. The van der Waals surface area contributed by atoms with Crippen molar-refractivity contribution in [1.29, 1.82) is 0 Å². The van der Waals surface area contributed by atoms with Gasteiger partial charge < -0.3 is 4.74 Å². The maximum Gasteiger partial charge on any atom is 0.283 e. The maximum absolute atomic E-state index is 10.8. The lowest BCUT2D eigenvalue weighted by molar-refractivity contribution is -0.385. The van der Waals surface area contributed by atoms with Crippen LogP contribution in [0.15, 0.2) is 22.7 Å². The van der Waals surface area contributed by atoms with E-state index >= 15 is 0 Å². The van der Waals surface area contributed by atoms with Gasteiger partial charge in [-0.25, -0.2) is 0 Å². The van der Waals surface area contributed by atoms with Crippen LogP contribution in [0.2, 0.25) is 0 Å². The Morgan fingerprint density at radius 2 is 2.22 bits per heavy atom. The maximum atomic E-state index is 10.8. The van der Waals surface area contributed by atoms with Gasteiger partial charge in [-0.1, -0.05) is 12.1 Å². The second-order valence-electron chi connectivity index (χ2n) is 3.94. The van der Waals surface area contributed by atoms with Gasteiger partial charge in [-0.15, -0.1) is 0 Å². The van der Waals surface area contributed by atoms with Gasteiger partial charge in [0.25, 0.3) is 5.69 Å². The first-order valence-electron chi connectivity index (χ1n) is 5.74. The number of likely N-dealkylation sites (N-methyl/N-ethyl adjacent to an activating group) is 1. The molecule has 1 aromatic rings. The SMILES string of the molecule is CCOCCN(C)Cc1cccc([N+](=O)[O-])c1Br. The number of nitro groups is 1. The number of hydrogen-bond acceptors (Lipinski definition) is 4. The molecule has 0 saturated carbocycles. The van der Waals surface area contributed by atoms with E-state index in [2.05, 4.69) is 20.8 Å². The van der Waals surface area contributed by atoms with Crippen LogP contribution >= 0.6 is 15.9 Å². The van der Waals surface area contributed by atoms with Crippen LogP contribution in [0.1, 0.15) is 12.5 Å². The largest absolute Gasteiger partial charge is 0.380 e. The molecule has 0 atom stereocenters. The van der Waals surface area contributed by atoms with Crippen molar-refractivity contribution in [2.45, 2.75) is 13.5 Å². The van der Waals surface area contributed by atoms with Gasteiger partial charge in [0.15, 0.2) is 0 Å². The zero-order valence-electron chi connectivity index (χ0n) is 10.6. The van der Waals surface area contributed by atoms with Crippen LogP contribution in [0.3, 0.4) is 0 Å². The minimum absolute atomic E-state index is 0.103. The molecule has 0 aliphatic heterocycles. The van der Waals surface area contributed by atoms with Gasteiger partial charge in [-0.3, -0.25) is 15.0 Å². The van der Waals surface area contributed by atoms with E-state index in [1.165, 1.54) is 6.07 Å². The lowest BCUT2D eigenvalue weighted by Crippen LogP contribution is -2.23. The summed E-state index contributed by atoms with van der Waals surface area (Å²) in [5, 5.41) is 10.8. The highest BCUT2D eigenvalue weighted by Gasteiger charge is 2.15. The summed E-state index contributed by atoms with van der Waals surface area (Å²) in [5.41, 5.74) is 1.01. The highest BCUT2D eigenvalue weighted by molar-refractivity contribution is 9.10. The van der Waals surface area contributed by atoms with E-state index in [-0.39, 0.29) is 10.6 Å². The standard InChI is InChI=1S/C12H17BrN2O3/c1-3-18-8-7-14(2)9-10-5-4-6-11(12(10)13)15(16)17/h4-6H,3,7-9H2,1-2H3. The van der Waals surface area contributed by atoms with Crippen molar-refractivity contribution < 1.29 is 9.66 Å². The average molecular weight is 317 g/mol. The Morgan fingerprint density at radius 1 is 1.50 bits per heavy atom. The number of hydrogen-bond donors (Lipinski definition) is 0. The van der Waals surface area contributed by atoms with Gasteiger partial charge in [-0.2, -0.15) is 0 Å². The van der Waals surface area contributed by atoms with Crippen molar-refractivity contribution in [1.82, 2.24) is 4.90 Å². The fourth-order valence-corrected chi connectivity index (χ4v) is 2.10. The fourth-order valence-electron chi connectivity index (χ4n) is 1.56. The summed E-state index contributed by atoms with van der Waals surface area (Å²) in [6.45, 7) is 4.77. The van der Waals surface area contributed by atoms with E-state index in [1.54, 1.807) is 6.07 Å². The second kappa shape index (κ2) is 7.45. The predicted octanol–water partition coefficient (Wildman–Crippen LogP) is 2.83. The molecule has 0 unspecified atom stereocenters. The lowest BCUT2D eigenvalue weighted by atomic mass is 10.2. The van der Waals surface area contributed by atoms with E-state index in [0.717, 1.165) is 12.1 Å². The quantitative estimate of drug-likeness (QED) is 0.441. The van der Waals surface area contributed by atoms with E-state index in [0.29, 0.717) is 24.2 Å². The third kappa shape index (κ3) is 4.36. The summed E-state index contributed by atoms with van der Waals surface area (Å²) in [7, 11) is 1.96. The minimum atomic E-state index is -0.381. The molecule has 0 saturated heterocycles. The van der Waals surface area contributed by atoms with E-state index < -0.39 is 0 Å². The number of nitro benzene ring substituents is 1. The Hall–Kier alpha value is -0.980. The van der Waals surface area contributed by atoms with Gasteiger partial charge in [0.1, 0.15) is 0 Å². The summed E-state index contributed by atoms with van der Waals surface area (Å²) in [6.07, 6.45) is 0. The molecule has 0 aromatic heterocycles. The molecule has 1 rings (SSSR count). The number of ether oxygens (including phenoxy) is 1. The molecule has 0 heterocycles.